The molecule has 1 N–H and O–H groups in total. The first-order valence-electron chi connectivity index (χ1n) is 8.73. The summed E-state index contributed by atoms with van der Waals surface area (Å²) in [5.74, 6) is -1.38. The van der Waals surface area contributed by atoms with Crippen molar-refractivity contribution in [3.05, 3.63) is 59.3 Å². The minimum atomic E-state index is -0.925. The largest absolute Gasteiger partial charge is 0.481 e. The van der Waals surface area contributed by atoms with E-state index in [1.807, 2.05) is 31.2 Å². The van der Waals surface area contributed by atoms with Crippen molar-refractivity contribution >= 4 is 23.0 Å². The molecule has 0 saturated carbocycles. The van der Waals surface area contributed by atoms with Gasteiger partial charge in [0.15, 0.2) is 0 Å². The summed E-state index contributed by atoms with van der Waals surface area (Å²) < 4.78 is 10.2. The van der Waals surface area contributed by atoms with Crippen molar-refractivity contribution in [3.8, 4) is 11.3 Å². The van der Waals surface area contributed by atoms with Gasteiger partial charge in [0.25, 0.3) is 0 Å². The molecule has 144 valence electrons. The highest BCUT2D eigenvalue weighted by Crippen LogP contribution is 2.25. The zero-order valence-electron chi connectivity index (χ0n) is 15.6. The molecule has 0 aliphatic rings. The van der Waals surface area contributed by atoms with Gasteiger partial charge in [-0.25, -0.2) is 14.8 Å². The summed E-state index contributed by atoms with van der Waals surface area (Å²) in [5, 5.41) is 8.76. The molecule has 1 aromatic heterocycles. The average Bonchev–Trinajstić information content (AvgIpc) is 2.70. The summed E-state index contributed by atoms with van der Waals surface area (Å²) in [6.45, 7) is 2.19. The molecule has 0 fully saturated rings. The number of hydrogen-bond donors (Lipinski definition) is 1. The molecule has 0 atom stereocenters. The average molecular weight is 380 g/mol. The second-order valence-corrected chi connectivity index (χ2v) is 6.28. The molecule has 28 heavy (non-hydrogen) atoms. The molecule has 0 radical (unpaired) electrons. The van der Waals surface area contributed by atoms with Crippen LogP contribution >= 0.6 is 0 Å². The van der Waals surface area contributed by atoms with Crippen LogP contribution in [0.25, 0.3) is 22.3 Å². The monoisotopic (exact) mass is 380 g/mol. The smallest absolute Gasteiger partial charge is 0.337 e. The van der Waals surface area contributed by atoms with Crippen LogP contribution in [0.15, 0.2) is 42.5 Å². The van der Waals surface area contributed by atoms with Crippen LogP contribution in [0, 0.1) is 6.92 Å². The number of aryl methyl sites for hydroxylation is 1. The van der Waals surface area contributed by atoms with Crippen LogP contribution in [-0.2, 0) is 20.9 Å². The molecule has 0 unspecified atom stereocenters. The van der Waals surface area contributed by atoms with Crippen LogP contribution in [0.3, 0.4) is 0 Å². The lowest BCUT2D eigenvalue weighted by atomic mass is 10.1. The van der Waals surface area contributed by atoms with Gasteiger partial charge in [-0.05, 0) is 25.1 Å². The Hall–Kier alpha value is -3.32. The van der Waals surface area contributed by atoms with Crippen molar-refractivity contribution in [1.82, 2.24) is 9.97 Å². The van der Waals surface area contributed by atoms with Crippen molar-refractivity contribution in [3.63, 3.8) is 0 Å². The van der Waals surface area contributed by atoms with Crippen molar-refractivity contribution < 1.29 is 24.2 Å². The number of aromatic nitrogens is 2. The van der Waals surface area contributed by atoms with Gasteiger partial charge in [0.05, 0.1) is 54.7 Å². The van der Waals surface area contributed by atoms with E-state index in [0.717, 1.165) is 11.1 Å². The van der Waals surface area contributed by atoms with Gasteiger partial charge in [0.1, 0.15) is 0 Å². The van der Waals surface area contributed by atoms with Crippen molar-refractivity contribution in [2.24, 2.45) is 0 Å². The molecular formula is C21H20N2O5. The minimum absolute atomic E-state index is 0.0740. The van der Waals surface area contributed by atoms with E-state index in [9.17, 15) is 9.59 Å². The molecule has 3 rings (SSSR count). The maximum atomic E-state index is 11.8. The highest BCUT2D eigenvalue weighted by atomic mass is 16.5. The first-order valence-corrected chi connectivity index (χ1v) is 8.73. The van der Waals surface area contributed by atoms with Gasteiger partial charge in [0, 0.05) is 5.56 Å². The summed E-state index contributed by atoms with van der Waals surface area (Å²) in [6.07, 6.45) is -0.0899. The molecule has 0 saturated heterocycles. The zero-order chi connectivity index (χ0) is 20.1. The summed E-state index contributed by atoms with van der Waals surface area (Å²) in [4.78, 5) is 31.8. The number of esters is 1. The predicted molar refractivity (Wildman–Crippen MR) is 103 cm³/mol. The minimum Gasteiger partial charge on any atom is -0.481 e. The molecule has 7 heteroatoms. The Morgan fingerprint density at radius 3 is 2.46 bits per heavy atom. The SMILES string of the molecule is COC(=O)c1ccc2nc(-c3ccc(C)cc3)c(COCCC(=O)O)nc2c1. The molecule has 7 nitrogen and oxygen atoms in total. The fourth-order valence-electron chi connectivity index (χ4n) is 2.71. The van der Waals surface area contributed by atoms with Crippen LogP contribution in [0.2, 0.25) is 0 Å². The third-order valence-corrected chi connectivity index (χ3v) is 4.18. The number of methoxy groups -OCH3 is 1. The number of nitrogens with zero attached hydrogens (tertiary/aromatic N) is 2. The molecule has 0 aliphatic heterocycles. The third kappa shape index (κ3) is 4.50. The molecule has 2 aromatic carbocycles. The number of fused-ring (bicyclic) bond motifs is 1. The third-order valence-electron chi connectivity index (χ3n) is 4.18. The Balaban J connectivity index is 2.02. The van der Waals surface area contributed by atoms with E-state index in [-0.39, 0.29) is 19.6 Å². The molecule has 0 amide bonds. The van der Waals surface area contributed by atoms with Gasteiger partial charge < -0.3 is 14.6 Å². The molecular weight excluding hydrogens is 360 g/mol. The van der Waals surface area contributed by atoms with Gasteiger partial charge in [0.2, 0.25) is 0 Å². The van der Waals surface area contributed by atoms with E-state index in [4.69, 9.17) is 19.6 Å². The van der Waals surface area contributed by atoms with E-state index in [1.54, 1.807) is 18.2 Å². The zero-order valence-corrected chi connectivity index (χ0v) is 15.6. The number of rotatable bonds is 7. The van der Waals surface area contributed by atoms with Crippen LogP contribution < -0.4 is 0 Å². The van der Waals surface area contributed by atoms with Crippen LogP contribution in [0.1, 0.15) is 28.0 Å². The lowest BCUT2D eigenvalue weighted by Crippen LogP contribution is -2.07. The molecule has 0 bridgehead atoms. The molecule has 0 spiro atoms. The standard InChI is InChI=1S/C21H20N2O5/c1-13-3-5-14(6-4-13)20-18(12-28-10-9-19(24)25)22-17-11-15(21(26)27-2)7-8-16(17)23-20/h3-8,11H,9-10,12H2,1-2H3,(H,24,25). The lowest BCUT2D eigenvalue weighted by molar-refractivity contribution is -0.138. The Morgan fingerprint density at radius 1 is 1.04 bits per heavy atom. The van der Waals surface area contributed by atoms with Gasteiger partial charge in [-0.3, -0.25) is 4.79 Å². The van der Waals surface area contributed by atoms with Gasteiger partial charge in [-0.2, -0.15) is 0 Å². The molecule has 0 aliphatic carbocycles. The van der Waals surface area contributed by atoms with Crippen molar-refractivity contribution in [2.75, 3.05) is 13.7 Å². The molecule has 1 heterocycles. The summed E-state index contributed by atoms with van der Waals surface area (Å²) in [7, 11) is 1.32. The number of carboxylic acid groups (broad SMARTS) is 1. The Bertz CT molecular complexity index is 1020. The predicted octanol–water partition coefficient (Wildman–Crippen LogP) is 3.38. The number of hydrogen-bond acceptors (Lipinski definition) is 6. The summed E-state index contributed by atoms with van der Waals surface area (Å²) in [5.41, 5.74) is 4.80. The lowest BCUT2D eigenvalue weighted by Gasteiger charge is -2.11. The van der Waals surface area contributed by atoms with Crippen LogP contribution in [0.5, 0.6) is 0 Å². The van der Waals surface area contributed by atoms with Crippen LogP contribution in [-0.4, -0.2) is 40.7 Å². The van der Waals surface area contributed by atoms with E-state index in [2.05, 4.69) is 4.98 Å². The summed E-state index contributed by atoms with van der Waals surface area (Å²) >= 11 is 0. The number of carboxylic acids is 1. The molecule has 3 aromatic rings. The highest BCUT2D eigenvalue weighted by molar-refractivity contribution is 5.93. The topological polar surface area (TPSA) is 98.6 Å². The highest BCUT2D eigenvalue weighted by Gasteiger charge is 2.14. The first-order chi connectivity index (χ1) is 13.5. The fourth-order valence-corrected chi connectivity index (χ4v) is 2.71. The van der Waals surface area contributed by atoms with Crippen LogP contribution in [0.4, 0.5) is 0 Å². The van der Waals surface area contributed by atoms with Gasteiger partial charge in [-0.15, -0.1) is 0 Å². The number of benzene rings is 2. The maximum Gasteiger partial charge on any atom is 0.337 e. The maximum absolute atomic E-state index is 11.8. The van der Waals surface area contributed by atoms with Crippen molar-refractivity contribution in [1.29, 1.82) is 0 Å². The Kier molecular flexibility index (Phi) is 5.96. The van der Waals surface area contributed by atoms with Crippen molar-refractivity contribution in [2.45, 2.75) is 20.0 Å². The quantitative estimate of drug-likeness (QED) is 0.495. The number of ether oxygens (including phenoxy) is 2. The second kappa shape index (κ2) is 8.58. The normalized spacial score (nSPS) is 10.8. The summed E-state index contributed by atoms with van der Waals surface area (Å²) in [6, 6.07) is 12.9. The van der Waals surface area contributed by atoms with E-state index in [0.29, 0.717) is 28.0 Å². The Labute approximate surface area is 162 Å². The number of aliphatic carboxylic acids is 1. The van der Waals surface area contributed by atoms with E-state index < -0.39 is 11.9 Å². The first kappa shape index (κ1) is 19.4. The number of carbonyl (C=O) groups excluding carboxylic acids is 1. The van der Waals surface area contributed by atoms with E-state index >= 15 is 0 Å². The fraction of sp³-hybridized carbons (Fsp3) is 0.238. The second-order valence-electron chi connectivity index (χ2n) is 6.28. The van der Waals surface area contributed by atoms with E-state index in [1.165, 1.54) is 7.11 Å². The Morgan fingerprint density at radius 2 is 1.79 bits per heavy atom. The number of carbonyl (C=O) groups is 2. The van der Waals surface area contributed by atoms with Gasteiger partial charge in [-0.1, -0.05) is 29.8 Å². The van der Waals surface area contributed by atoms with Gasteiger partial charge >= 0.3 is 11.9 Å².